The SMILES string of the molecule is COc1c(C)cnc(CSc2nnc(N3CCOCC3)n2CC(F)(F)F)c1C. The van der Waals surface area contributed by atoms with Crippen LogP contribution in [0.4, 0.5) is 19.1 Å². The Kier molecular flexibility index (Phi) is 6.33. The number of aryl methyl sites for hydroxylation is 1. The van der Waals surface area contributed by atoms with Gasteiger partial charge in [0.25, 0.3) is 0 Å². The van der Waals surface area contributed by atoms with E-state index in [4.69, 9.17) is 9.47 Å². The highest BCUT2D eigenvalue weighted by atomic mass is 32.2. The number of thioether (sulfide) groups is 1. The maximum Gasteiger partial charge on any atom is 0.406 e. The van der Waals surface area contributed by atoms with Gasteiger partial charge in [0.05, 0.1) is 26.0 Å². The fraction of sp³-hybridized carbons (Fsp3) is 0.588. The van der Waals surface area contributed by atoms with Crippen LogP contribution >= 0.6 is 11.8 Å². The molecule has 1 aliphatic heterocycles. The molecule has 0 amide bonds. The van der Waals surface area contributed by atoms with Crippen molar-refractivity contribution in [3.8, 4) is 5.75 Å². The Hall–Kier alpha value is -2.01. The third-order valence-corrected chi connectivity index (χ3v) is 5.39. The lowest BCUT2D eigenvalue weighted by atomic mass is 10.1. The molecule has 28 heavy (non-hydrogen) atoms. The van der Waals surface area contributed by atoms with Crippen molar-refractivity contribution in [3.63, 3.8) is 0 Å². The van der Waals surface area contributed by atoms with Gasteiger partial charge in [-0.25, -0.2) is 0 Å². The van der Waals surface area contributed by atoms with E-state index >= 15 is 0 Å². The fourth-order valence-corrected chi connectivity index (χ4v) is 4.01. The van der Waals surface area contributed by atoms with Gasteiger partial charge in [0.2, 0.25) is 5.95 Å². The van der Waals surface area contributed by atoms with E-state index < -0.39 is 12.7 Å². The Morgan fingerprint density at radius 2 is 1.93 bits per heavy atom. The van der Waals surface area contributed by atoms with E-state index in [1.165, 1.54) is 11.8 Å². The zero-order chi connectivity index (χ0) is 20.3. The van der Waals surface area contributed by atoms with Crippen LogP contribution in [-0.2, 0) is 17.0 Å². The van der Waals surface area contributed by atoms with Crippen LogP contribution < -0.4 is 9.64 Å². The predicted octanol–water partition coefficient (Wildman–Crippen LogP) is 2.99. The number of methoxy groups -OCH3 is 1. The van der Waals surface area contributed by atoms with Crippen molar-refractivity contribution < 1.29 is 22.6 Å². The van der Waals surface area contributed by atoms with Gasteiger partial charge in [-0.05, 0) is 13.8 Å². The van der Waals surface area contributed by atoms with Gasteiger partial charge in [0, 0.05) is 36.2 Å². The molecule has 0 N–H and O–H groups in total. The number of halogens is 3. The summed E-state index contributed by atoms with van der Waals surface area (Å²) in [6, 6.07) is 0. The molecular formula is C17H22F3N5O2S. The number of hydrogen-bond donors (Lipinski definition) is 0. The lowest BCUT2D eigenvalue weighted by molar-refractivity contribution is -0.141. The number of alkyl halides is 3. The zero-order valence-electron chi connectivity index (χ0n) is 15.9. The largest absolute Gasteiger partial charge is 0.496 e. The average Bonchev–Trinajstić information content (AvgIpc) is 3.03. The normalized spacial score (nSPS) is 15.1. The Morgan fingerprint density at radius 1 is 1.21 bits per heavy atom. The van der Waals surface area contributed by atoms with Crippen LogP contribution in [0, 0.1) is 13.8 Å². The molecule has 1 saturated heterocycles. The van der Waals surface area contributed by atoms with Gasteiger partial charge in [-0.15, -0.1) is 10.2 Å². The molecule has 0 unspecified atom stereocenters. The molecule has 0 spiro atoms. The monoisotopic (exact) mass is 417 g/mol. The van der Waals surface area contributed by atoms with Crippen LogP contribution in [0.15, 0.2) is 11.4 Å². The van der Waals surface area contributed by atoms with E-state index in [0.29, 0.717) is 32.1 Å². The third-order valence-electron chi connectivity index (χ3n) is 4.42. The van der Waals surface area contributed by atoms with Crippen molar-refractivity contribution in [2.45, 2.75) is 37.5 Å². The van der Waals surface area contributed by atoms with E-state index in [1.54, 1.807) is 18.2 Å². The summed E-state index contributed by atoms with van der Waals surface area (Å²) in [6.45, 7) is 4.51. The number of hydrogen-bond acceptors (Lipinski definition) is 7. The fourth-order valence-electron chi connectivity index (χ4n) is 3.05. The van der Waals surface area contributed by atoms with Crippen LogP contribution in [0.5, 0.6) is 5.75 Å². The Bertz CT molecular complexity index is 822. The van der Waals surface area contributed by atoms with Gasteiger partial charge < -0.3 is 14.4 Å². The highest BCUT2D eigenvalue weighted by Gasteiger charge is 2.33. The maximum absolute atomic E-state index is 13.2. The molecule has 3 rings (SSSR count). The molecule has 154 valence electrons. The topological polar surface area (TPSA) is 65.3 Å². The number of nitrogens with zero attached hydrogens (tertiary/aromatic N) is 5. The van der Waals surface area contributed by atoms with E-state index in [0.717, 1.165) is 27.1 Å². The number of anilines is 1. The van der Waals surface area contributed by atoms with Crippen LogP contribution in [0.25, 0.3) is 0 Å². The second-order valence-corrected chi connectivity index (χ2v) is 7.36. The van der Waals surface area contributed by atoms with Crippen LogP contribution in [-0.4, -0.2) is 59.3 Å². The number of aromatic nitrogens is 4. The molecular weight excluding hydrogens is 395 g/mol. The van der Waals surface area contributed by atoms with Crippen molar-refractivity contribution in [2.24, 2.45) is 0 Å². The molecule has 0 aromatic carbocycles. The minimum absolute atomic E-state index is 0.208. The summed E-state index contributed by atoms with van der Waals surface area (Å²) in [4.78, 5) is 6.16. The summed E-state index contributed by atoms with van der Waals surface area (Å²) in [6.07, 6.45) is -2.68. The van der Waals surface area contributed by atoms with Crippen LogP contribution in [0.1, 0.15) is 16.8 Å². The molecule has 2 aromatic rings. The lowest BCUT2D eigenvalue weighted by Crippen LogP contribution is -2.38. The summed E-state index contributed by atoms with van der Waals surface area (Å²) < 4.78 is 51.3. The Labute approximate surface area is 165 Å². The standard InChI is InChI=1S/C17H22F3N5O2S/c1-11-8-21-13(12(2)14(11)26-3)9-28-16-23-22-15(24-4-6-27-7-5-24)25(16)10-17(18,19)20/h8H,4-7,9-10H2,1-3H3. The highest BCUT2D eigenvalue weighted by molar-refractivity contribution is 7.98. The maximum atomic E-state index is 13.2. The highest BCUT2D eigenvalue weighted by Crippen LogP contribution is 2.31. The first-order chi connectivity index (χ1) is 13.3. The number of rotatable bonds is 6. The smallest absolute Gasteiger partial charge is 0.406 e. The van der Waals surface area contributed by atoms with Crippen molar-refractivity contribution in [3.05, 3.63) is 23.0 Å². The van der Waals surface area contributed by atoms with E-state index in [2.05, 4.69) is 15.2 Å². The van der Waals surface area contributed by atoms with Gasteiger partial charge in [0.15, 0.2) is 5.16 Å². The average molecular weight is 417 g/mol. The molecule has 0 bridgehead atoms. The predicted molar refractivity (Wildman–Crippen MR) is 98.9 cm³/mol. The molecule has 0 radical (unpaired) electrons. The van der Waals surface area contributed by atoms with Gasteiger partial charge in [0.1, 0.15) is 12.3 Å². The first kappa shape index (κ1) is 20.7. The molecule has 1 fully saturated rings. The summed E-state index contributed by atoms with van der Waals surface area (Å²) in [5.74, 6) is 1.31. The van der Waals surface area contributed by atoms with E-state index in [9.17, 15) is 13.2 Å². The van der Waals surface area contributed by atoms with Gasteiger partial charge in [-0.1, -0.05) is 11.8 Å². The third kappa shape index (κ3) is 4.69. The molecule has 0 aliphatic carbocycles. The van der Waals surface area contributed by atoms with Crippen molar-refractivity contribution in [1.29, 1.82) is 0 Å². The summed E-state index contributed by atoms with van der Waals surface area (Å²) in [5.41, 5.74) is 2.51. The summed E-state index contributed by atoms with van der Waals surface area (Å²) in [5, 5.41) is 8.25. The molecule has 3 heterocycles. The molecule has 7 nitrogen and oxygen atoms in total. The number of ether oxygens (including phenoxy) is 2. The quantitative estimate of drug-likeness (QED) is 0.670. The molecule has 0 atom stereocenters. The molecule has 1 aliphatic rings. The van der Waals surface area contributed by atoms with Crippen molar-refractivity contribution in [2.75, 3.05) is 38.3 Å². The summed E-state index contributed by atoms with van der Waals surface area (Å²) >= 11 is 1.18. The van der Waals surface area contributed by atoms with E-state index in [1.807, 2.05) is 13.8 Å². The van der Waals surface area contributed by atoms with Gasteiger partial charge >= 0.3 is 6.18 Å². The summed E-state index contributed by atoms with van der Waals surface area (Å²) in [7, 11) is 1.58. The zero-order valence-corrected chi connectivity index (χ0v) is 16.7. The second-order valence-electron chi connectivity index (χ2n) is 6.42. The van der Waals surface area contributed by atoms with Gasteiger partial charge in [-0.2, -0.15) is 13.2 Å². The Morgan fingerprint density at radius 3 is 2.57 bits per heavy atom. The molecule has 0 saturated carbocycles. The van der Waals surface area contributed by atoms with Crippen molar-refractivity contribution in [1.82, 2.24) is 19.7 Å². The minimum Gasteiger partial charge on any atom is -0.496 e. The first-order valence-electron chi connectivity index (χ1n) is 8.74. The Balaban J connectivity index is 1.84. The number of morpholine rings is 1. The van der Waals surface area contributed by atoms with Gasteiger partial charge in [-0.3, -0.25) is 9.55 Å². The van der Waals surface area contributed by atoms with E-state index in [-0.39, 0.29) is 11.1 Å². The lowest BCUT2D eigenvalue weighted by Gasteiger charge is -2.28. The van der Waals surface area contributed by atoms with Crippen LogP contribution in [0.3, 0.4) is 0 Å². The molecule has 2 aromatic heterocycles. The first-order valence-corrected chi connectivity index (χ1v) is 9.73. The minimum atomic E-state index is -4.38. The van der Waals surface area contributed by atoms with Crippen molar-refractivity contribution >= 4 is 17.7 Å². The van der Waals surface area contributed by atoms with Crippen LogP contribution in [0.2, 0.25) is 0 Å². The number of pyridine rings is 1. The molecule has 11 heteroatoms. The second kappa shape index (κ2) is 8.56.